The Labute approximate surface area is 140 Å². The van der Waals surface area contributed by atoms with Gasteiger partial charge >= 0.3 is 0 Å². The minimum Gasteiger partial charge on any atom is -0.314 e. The average Bonchev–Trinajstić information content (AvgIpc) is 2.61. The zero-order chi connectivity index (χ0) is 16.7. The molecule has 0 spiro atoms. The maximum absolute atomic E-state index is 12.4. The maximum atomic E-state index is 12.4. The molecule has 0 heterocycles. The van der Waals surface area contributed by atoms with Gasteiger partial charge in [-0.05, 0) is 24.6 Å². The van der Waals surface area contributed by atoms with Gasteiger partial charge in [0.25, 0.3) is 0 Å². The van der Waals surface area contributed by atoms with Crippen molar-refractivity contribution in [2.45, 2.75) is 12.2 Å². The van der Waals surface area contributed by atoms with E-state index >= 15 is 0 Å². The van der Waals surface area contributed by atoms with Crippen LogP contribution in [0.4, 0.5) is 5.69 Å². The Morgan fingerprint density at radius 1 is 1.09 bits per heavy atom. The molecule has 0 N–H and O–H groups in total. The third kappa shape index (κ3) is 4.89. The number of rotatable bonds is 6. The second-order valence-electron chi connectivity index (χ2n) is 5.24. The molecular formula is C19H21NO2S. The topological polar surface area (TPSA) is 37.4 Å². The molecule has 0 fully saturated rings. The molecule has 0 bridgehead atoms. The van der Waals surface area contributed by atoms with E-state index in [1.807, 2.05) is 72.8 Å². The summed E-state index contributed by atoms with van der Waals surface area (Å²) in [6, 6.07) is 19.2. The van der Waals surface area contributed by atoms with Gasteiger partial charge in [-0.2, -0.15) is 0 Å². The monoisotopic (exact) mass is 327 g/mol. The number of hydrogen-bond donors (Lipinski definition) is 0. The van der Waals surface area contributed by atoms with Crippen molar-refractivity contribution in [1.82, 2.24) is 0 Å². The Morgan fingerprint density at radius 3 is 2.26 bits per heavy atom. The van der Waals surface area contributed by atoms with Crippen molar-refractivity contribution in [3.8, 4) is 0 Å². The van der Waals surface area contributed by atoms with Gasteiger partial charge in [0.2, 0.25) is 5.91 Å². The molecule has 1 amide bonds. The van der Waals surface area contributed by atoms with Crippen LogP contribution in [0, 0.1) is 0 Å². The fourth-order valence-electron chi connectivity index (χ4n) is 2.15. The summed E-state index contributed by atoms with van der Waals surface area (Å²) in [5.41, 5.74) is 1.87. The number of nitrogens with zero attached hydrogens (tertiary/aromatic N) is 1. The summed E-state index contributed by atoms with van der Waals surface area (Å²) < 4.78 is 12.3. The summed E-state index contributed by atoms with van der Waals surface area (Å²) in [5, 5.41) is -0.541. The first-order valence-electron chi connectivity index (χ1n) is 7.51. The van der Waals surface area contributed by atoms with E-state index in [2.05, 4.69) is 0 Å². The van der Waals surface area contributed by atoms with E-state index in [9.17, 15) is 9.00 Å². The first kappa shape index (κ1) is 17.2. The molecule has 2 rings (SSSR count). The zero-order valence-electron chi connectivity index (χ0n) is 13.4. The minimum atomic E-state index is -1.24. The predicted octanol–water partition coefficient (Wildman–Crippen LogP) is 3.50. The van der Waals surface area contributed by atoms with Gasteiger partial charge in [0.05, 0.1) is 0 Å². The van der Waals surface area contributed by atoms with E-state index in [4.69, 9.17) is 0 Å². The van der Waals surface area contributed by atoms with Crippen molar-refractivity contribution in [2.24, 2.45) is 0 Å². The molecule has 2 aromatic carbocycles. The highest BCUT2D eigenvalue weighted by Crippen LogP contribution is 2.14. The lowest BCUT2D eigenvalue weighted by Gasteiger charge is -2.20. The van der Waals surface area contributed by atoms with Gasteiger partial charge in [-0.1, -0.05) is 60.7 Å². The highest BCUT2D eigenvalue weighted by Gasteiger charge is 2.23. The fraction of sp³-hybridized carbons (Fsp3) is 0.211. The Balaban J connectivity index is 1.94. The Hall–Kier alpha value is -2.20. The van der Waals surface area contributed by atoms with Crippen LogP contribution >= 0.6 is 0 Å². The molecule has 4 heteroatoms. The minimum absolute atomic E-state index is 0.136. The van der Waals surface area contributed by atoms with E-state index < -0.39 is 16.0 Å². The van der Waals surface area contributed by atoms with Gasteiger partial charge in [0, 0.05) is 29.3 Å². The van der Waals surface area contributed by atoms with Gasteiger partial charge < -0.3 is 4.90 Å². The molecule has 0 aliphatic rings. The number of carbonyl (C=O) groups is 1. The van der Waals surface area contributed by atoms with E-state index in [0.29, 0.717) is 5.75 Å². The molecule has 2 atom stereocenters. The van der Waals surface area contributed by atoms with Gasteiger partial charge in [-0.3, -0.25) is 9.00 Å². The normalized spacial score (nSPS) is 13.7. The number of carbonyl (C=O) groups excluding carboxylic acids is 1. The zero-order valence-corrected chi connectivity index (χ0v) is 14.2. The molecule has 0 aromatic heterocycles. The van der Waals surface area contributed by atoms with Crippen LogP contribution in [0.1, 0.15) is 12.5 Å². The van der Waals surface area contributed by atoms with E-state index in [-0.39, 0.29) is 5.91 Å². The lowest BCUT2D eigenvalue weighted by atomic mass is 10.2. The van der Waals surface area contributed by atoms with Gasteiger partial charge in [0.15, 0.2) is 0 Å². The Kier molecular flexibility index (Phi) is 6.29. The van der Waals surface area contributed by atoms with Crippen LogP contribution in [-0.4, -0.2) is 28.2 Å². The number of hydrogen-bond acceptors (Lipinski definition) is 2. The van der Waals surface area contributed by atoms with Crippen LogP contribution in [0.2, 0.25) is 0 Å². The SMILES string of the molecule is C[C@H](C(=O)N(C)c1ccccc1)[S@@](=O)C/C=C/c1ccccc1. The summed E-state index contributed by atoms with van der Waals surface area (Å²) in [6.45, 7) is 1.72. The van der Waals surface area contributed by atoms with Crippen LogP contribution < -0.4 is 4.90 Å². The molecule has 0 radical (unpaired) electrons. The van der Waals surface area contributed by atoms with E-state index in [0.717, 1.165) is 11.3 Å². The van der Waals surface area contributed by atoms with Crippen molar-refractivity contribution >= 4 is 28.5 Å². The molecule has 0 saturated carbocycles. The average molecular weight is 327 g/mol. The Bertz CT molecular complexity index is 683. The predicted molar refractivity (Wildman–Crippen MR) is 97.8 cm³/mol. The van der Waals surface area contributed by atoms with E-state index in [1.54, 1.807) is 18.9 Å². The second kappa shape index (κ2) is 8.44. The molecule has 0 saturated heterocycles. The van der Waals surface area contributed by atoms with Gasteiger partial charge in [0.1, 0.15) is 5.25 Å². The molecule has 3 nitrogen and oxygen atoms in total. The lowest BCUT2D eigenvalue weighted by Crippen LogP contribution is -2.37. The number of para-hydroxylation sites is 1. The summed E-state index contributed by atoms with van der Waals surface area (Å²) in [4.78, 5) is 14.0. The number of amides is 1. The quantitative estimate of drug-likeness (QED) is 0.814. The van der Waals surface area contributed by atoms with Crippen molar-refractivity contribution < 1.29 is 9.00 Å². The molecular weight excluding hydrogens is 306 g/mol. The van der Waals surface area contributed by atoms with Crippen LogP contribution in [0.5, 0.6) is 0 Å². The maximum Gasteiger partial charge on any atom is 0.242 e. The van der Waals surface area contributed by atoms with Crippen molar-refractivity contribution in [3.63, 3.8) is 0 Å². The van der Waals surface area contributed by atoms with Gasteiger partial charge in [-0.15, -0.1) is 0 Å². The van der Waals surface area contributed by atoms with Crippen molar-refractivity contribution in [3.05, 3.63) is 72.3 Å². The summed E-state index contributed by atoms with van der Waals surface area (Å²) in [6.07, 6.45) is 3.79. The van der Waals surface area contributed by atoms with Crippen LogP contribution in [-0.2, 0) is 15.6 Å². The molecule has 2 aromatic rings. The highest BCUT2D eigenvalue weighted by molar-refractivity contribution is 7.86. The second-order valence-corrected chi connectivity index (χ2v) is 7.04. The molecule has 0 unspecified atom stereocenters. The number of benzene rings is 2. The van der Waals surface area contributed by atoms with E-state index in [1.165, 1.54) is 0 Å². The third-order valence-corrected chi connectivity index (χ3v) is 5.10. The Morgan fingerprint density at radius 2 is 1.65 bits per heavy atom. The standard InChI is InChI=1S/C19H21NO2S/c1-16(19(21)20(2)18-13-7-4-8-14-18)23(22)15-9-12-17-10-5-3-6-11-17/h3-14,16H,15H2,1-2H3/b12-9+/t16-,23+/m1/s1. The lowest BCUT2D eigenvalue weighted by molar-refractivity contribution is -0.117. The summed E-state index contributed by atoms with van der Waals surface area (Å²) in [7, 11) is 0.473. The largest absolute Gasteiger partial charge is 0.314 e. The first-order chi connectivity index (χ1) is 11.1. The molecule has 23 heavy (non-hydrogen) atoms. The highest BCUT2D eigenvalue weighted by atomic mass is 32.2. The van der Waals surface area contributed by atoms with Crippen molar-refractivity contribution in [1.29, 1.82) is 0 Å². The van der Waals surface area contributed by atoms with Crippen LogP contribution in [0.15, 0.2) is 66.7 Å². The van der Waals surface area contributed by atoms with Crippen LogP contribution in [0.25, 0.3) is 6.08 Å². The third-order valence-electron chi connectivity index (χ3n) is 3.59. The summed E-state index contributed by atoms with van der Waals surface area (Å²) in [5.74, 6) is 0.229. The molecule has 0 aliphatic carbocycles. The van der Waals surface area contributed by atoms with Gasteiger partial charge in [-0.25, -0.2) is 0 Å². The number of anilines is 1. The summed E-state index contributed by atoms with van der Waals surface area (Å²) >= 11 is 0. The fourth-order valence-corrected chi connectivity index (χ4v) is 3.11. The smallest absolute Gasteiger partial charge is 0.242 e. The van der Waals surface area contributed by atoms with Crippen molar-refractivity contribution in [2.75, 3.05) is 17.7 Å². The molecule has 0 aliphatic heterocycles. The van der Waals surface area contributed by atoms with Crippen LogP contribution in [0.3, 0.4) is 0 Å². The molecule has 120 valence electrons. The first-order valence-corrected chi connectivity index (χ1v) is 8.89.